The average Bonchev–Trinajstić information content (AvgIpc) is 2.52. The lowest BCUT2D eigenvalue weighted by atomic mass is 9.98. The largest absolute Gasteiger partial charge is 0.469 e. The lowest BCUT2D eigenvalue weighted by molar-refractivity contribution is -0.148. The van der Waals surface area contributed by atoms with Crippen LogP contribution in [0.25, 0.3) is 6.08 Å². The summed E-state index contributed by atoms with van der Waals surface area (Å²) in [5.74, 6) is -1.04. The van der Waals surface area contributed by atoms with Crippen LogP contribution >= 0.6 is 0 Å². The molecule has 5 heteroatoms. The minimum atomic E-state index is -0.340. The van der Waals surface area contributed by atoms with Crippen molar-refractivity contribution in [3.63, 3.8) is 0 Å². The Kier molecular flexibility index (Phi) is 5.09. The normalized spacial score (nSPS) is 18.8. The number of carbonyl (C=O) groups is 2. The van der Waals surface area contributed by atoms with E-state index in [9.17, 15) is 14.0 Å². The quantitative estimate of drug-likeness (QED) is 0.634. The summed E-state index contributed by atoms with van der Waals surface area (Å²) in [7, 11) is 1.35. The van der Waals surface area contributed by atoms with E-state index in [0.717, 1.165) is 12.8 Å². The number of halogens is 1. The fourth-order valence-corrected chi connectivity index (χ4v) is 2.42. The number of amides is 1. The molecule has 1 atom stereocenters. The first kappa shape index (κ1) is 15.2. The SMILES string of the molecule is COC(=O)C1CCCN(C(=O)/C=C/c2cccc(F)c2)C1. The van der Waals surface area contributed by atoms with Gasteiger partial charge < -0.3 is 9.64 Å². The van der Waals surface area contributed by atoms with Gasteiger partial charge in [-0.2, -0.15) is 0 Å². The fourth-order valence-electron chi connectivity index (χ4n) is 2.42. The van der Waals surface area contributed by atoms with E-state index in [-0.39, 0.29) is 23.6 Å². The number of hydrogen-bond donors (Lipinski definition) is 0. The molecular formula is C16H18FNO3. The van der Waals surface area contributed by atoms with Crippen LogP contribution in [0.1, 0.15) is 18.4 Å². The van der Waals surface area contributed by atoms with Crippen molar-refractivity contribution >= 4 is 18.0 Å². The summed E-state index contributed by atoms with van der Waals surface area (Å²) in [6.45, 7) is 0.999. The molecule has 0 bridgehead atoms. The first-order valence-electron chi connectivity index (χ1n) is 6.90. The van der Waals surface area contributed by atoms with Crippen LogP contribution in [0.15, 0.2) is 30.3 Å². The highest BCUT2D eigenvalue weighted by Crippen LogP contribution is 2.18. The molecule has 2 rings (SSSR count). The molecule has 0 spiro atoms. The number of carbonyl (C=O) groups excluding carboxylic acids is 2. The second-order valence-electron chi connectivity index (χ2n) is 5.03. The summed E-state index contributed by atoms with van der Waals surface area (Å²) >= 11 is 0. The number of ether oxygens (including phenoxy) is 1. The zero-order chi connectivity index (χ0) is 15.2. The molecule has 1 unspecified atom stereocenters. The van der Waals surface area contributed by atoms with Crippen molar-refractivity contribution in [3.8, 4) is 0 Å². The van der Waals surface area contributed by atoms with Crippen LogP contribution in [-0.2, 0) is 14.3 Å². The Balaban J connectivity index is 1.98. The van der Waals surface area contributed by atoms with Gasteiger partial charge in [-0.3, -0.25) is 9.59 Å². The van der Waals surface area contributed by atoms with E-state index < -0.39 is 0 Å². The van der Waals surface area contributed by atoms with Crippen molar-refractivity contribution in [2.24, 2.45) is 5.92 Å². The van der Waals surface area contributed by atoms with Gasteiger partial charge in [0.2, 0.25) is 5.91 Å². The van der Waals surface area contributed by atoms with Crippen molar-refractivity contribution in [2.45, 2.75) is 12.8 Å². The molecule has 0 N–H and O–H groups in total. The van der Waals surface area contributed by atoms with Crippen molar-refractivity contribution in [3.05, 3.63) is 41.7 Å². The van der Waals surface area contributed by atoms with Gasteiger partial charge in [-0.05, 0) is 36.6 Å². The standard InChI is InChI=1S/C16H18FNO3/c1-21-16(20)13-5-3-9-18(11-13)15(19)8-7-12-4-2-6-14(17)10-12/h2,4,6-8,10,13H,3,5,9,11H2,1H3/b8-7+. The van der Waals surface area contributed by atoms with Gasteiger partial charge >= 0.3 is 5.97 Å². The van der Waals surface area contributed by atoms with E-state index >= 15 is 0 Å². The van der Waals surface area contributed by atoms with E-state index in [4.69, 9.17) is 4.74 Å². The zero-order valence-electron chi connectivity index (χ0n) is 11.9. The molecule has 21 heavy (non-hydrogen) atoms. The van der Waals surface area contributed by atoms with Crippen LogP contribution < -0.4 is 0 Å². The van der Waals surface area contributed by atoms with Crippen LogP contribution in [0.5, 0.6) is 0 Å². The highest BCUT2D eigenvalue weighted by atomic mass is 19.1. The number of piperidine rings is 1. The third kappa shape index (κ3) is 4.15. The summed E-state index contributed by atoms with van der Waals surface area (Å²) in [6.07, 6.45) is 4.50. The number of esters is 1. The maximum absolute atomic E-state index is 13.0. The number of benzene rings is 1. The fraction of sp³-hybridized carbons (Fsp3) is 0.375. The van der Waals surface area contributed by atoms with E-state index in [2.05, 4.69) is 0 Å². The summed E-state index contributed by atoms with van der Waals surface area (Å²) in [5, 5.41) is 0. The van der Waals surface area contributed by atoms with E-state index in [1.165, 1.54) is 25.3 Å². The Morgan fingerprint density at radius 2 is 2.24 bits per heavy atom. The first-order chi connectivity index (χ1) is 10.1. The number of nitrogens with zero attached hydrogens (tertiary/aromatic N) is 1. The van der Waals surface area contributed by atoms with Gasteiger partial charge in [0.05, 0.1) is 13.0 Å². The lowest BCUT2D eigenvalue weighted by Gasteiger charge is -2.30. The van der Waals surface area contributed by atoms with Gasteiger partial charge in [-0.1, -0.05) is 12.1 Å². The highest BCUT2D eigenvalue weighted by molar-refractivity contribution is 5.92. The summed E-state index contributed by atoms with van der Waals surface area (Å²) < 4.78 is 17.8. The van der Waals surface area contributed by atoms with Gasteiger partial charge in [0.15, 0.2) is 0 Å². The minimum absolute atomic E-state index is 0.173. The molecule has 1 aliphatic heterocycles. The lowest BCUT2D eigenvalue weighted by Crippen LogP contribution is -2.41. The molecule has 0 saturated carbocycles. The Hall–Kier alpha value is -2.17. The van der Waals surface area contributed by atoms with Crippen molar-refractivity contribution in [1.82, 2.24) is 4.90 Å². The van der Waals surface area contributed by atoms with Gasteiger partial charge in [-0.25, -0.2) is 4.39 Å². The maximum Gasteiger partial charge on any atom is 0.310 e. The summed E-state index contributed by atoms with van der Waals surface area (Å²) in [6, 6.07) is 6.02. The predicted molar refractivity (Wildman–Crippen MR) is 76.8 cm³/mol. The second kappa shape index (κ2) is 7.02. The molecule has 0 aliphatic carbocycles. The average molecular weight is 291 g/mol. The van der Waals surface area contributed by atoms with Crippen molar-refractivity contribution < 1.29 is 18.7 Å². The molecule has 4 nitrogen and oxygen atoms in total. The van der Waals surface area contributed by atoms with E-state index in [0.29, 0.717) is 18.7 Å². The second-order valence-corrected chi connectivity index (χ2v) is 5.03. The molecule has 112 valence electrons. The van der Waals surface area contributed by atoms with Gasteiger partial charge in [-0.15, -0.1) is 0 Å². The van der Waals surface area contributed by atoms with Crippen LogP contribution in [-0.4, -0.2) is 37.0 Å². The minimum Gasteiger partial charge on any atom is -0.469 e. The molecule has 1 aromatic carbocycles. The smallest absolute Gasteiger partial charge is 0.310 e. The number of likely N-dealkylation sites (tertiary alicyclic amines) is 1. The molecule has 1 saturated heterocycles. The Labute approximate surface area is 123 Å². The third-order valence-corrected chi connectivity index (χ3v) is 3.53. The van der Waals surface area contributed by atoms with Crippen molar-refractivity contribution in [2.75, 3.05) is 20.2 Å². The zero-order valence-corrected chi connectivity index (χ0v) is 11.9. The topological polar surface area (TPSA) is 46.6 Å². The van der Waals surface area contributed by atoms with Crippen LogP contribution in [0.3, 0.4) is 0 Å². The van der Waals surface area contributed by atoms with Gasteiger partial charge in [0, 0.05) is 19.2 Å². The molecule has 1 aromatic rings. The molecule has 0 aromatic heterocycles. The number of methoxy groups -OCH3 is 1. The van der Waals surface area contributed by atoms with Gasteiger partial charge in [0.1, 0.15) is 5.82 Å². The Morgan fingerprint density at radius 3 is 2.95 bits per heavy atom. The number of hydrogen-bond acceptors (Lipinski definition) is 3. The molecule has 1 aliphatic rings. The van der Waals surface area contributed by atoms with Crippen molar-refractivity contribution in [1.29, 1.82) is 0 Å². The Morgan fingerprint density at radius 1 is 1.43 bits per heavy atom. The number of rotatable bonds is 3. The summed E-state index contributed by atoms with van der Waals surface area (Å²) in [5.41, 5.74) is 0.630. The Bertz CT molecular complexity index is 556. The van der Waals surface area contributed by atoms with Gasteiger partial charge in [0.25, 0.3) is 0 Å². The predicted octanol–water partition coefficient (Wildman–Crippen LogP) is 2.25. The molecule has 1 amide bonds. The van der Waals surface area contributed by atoms with Crippen LogP contribution in [0.4, 0.5) is 4.39 Å². The summed E-state index contributed by atoms with van der Waals surface area (Å²) in [4.78, 5) is 25.3. The van der Waals surface area contributed by atoms with E-state index in [1.54, 1.807) is 23.1 Å². The van der Waals surface area contributed by atoms with Crippen LogP contribution in [0.2, 0.25) is 0 Å². The van der Waals surface area contributed by atoms with Crippen LogP contribution in [0, 0.1) is 11.7 Å². The highest BCUT2D eigenvalue weighted by Gasteiger charge is 2.28. The molecular weight excluding hydrogens is 273 g/mol. The monoisotopic (exact) mass is 291 g/mol. The third-order valence-electron chi connectivity index (χ3n) is 3.53. The maximum atomic E-state index is 13.0. The molecule has 1 fully saturated rings. The molecule has 0 radical (unpaired) electrons. The molecule has 1 heterocycles. The van der Waals surface area contributed by atoms with E-state index in [1.807, 2.05) is 0 Å². The first-order valence-corrected chi connectivity index (χ1v) is 6.90.